The van der Waals surface area contributed by atoms with Crippen LogP contribution in [-0.2, 0) is 0 Å². The van der Waals surface area contributed by atoms with Crippen molar-refractivity contribution < 1.29 is 15.0 Å². The van der Waals surface area contributed by atoms with Gasteiger partial charge in [-0.3, -0.25) is 4.79 Å². The summed E-state index contributed by atoms with van der Waals surface area (Å²) >= 11 is 0. The second kappa shape index (κ2) is 4.86. The largest absolute Gasteiger partial charge is 0.508 e. The van der Waals surface area contributed by atoms with Gasteiger partial charge in [-0.15, -0.1) is 0 Å². The van der Waals surface area contributed by atoms with Crippen molar-refractivity contribution >= 4 is 5.91 Å². The van der Waals surface area contributed by atoms with Crippen LogP contribution in [-0.4, -0.2) is 40.2 Å². The Labute approximate surface area is 106 Å². The monoisotopic (exact) mass is 250 g/mol. The molecule has 18 heavy (non-hydrogen) atoms. The third-order valence-electron chi connectivity index (χ3n) is 3.13. The summed E-state index contributed by atoms with van der Waals surface area (Å²) in [4.78, 5) is 13.9. The van der Waals surface area contributed by atoms with E-state index in [0.717, 1.165) is 6.42 Å². The molecule has 1 aromatic carbocycles. The predicted molar refractivity (Wildman–Crippen MR) is 67.4 cm³/mol. The first-order valence-electron chi connectivity index (χ1n) is 6.03. The van der Waals surface area contributed by atoms with E-state index in [1.165, 1.54) is 18.2 Å². The van der Waals surface area contributed by atoms with Crippen molar-refractivity contribution in [3.05, 3.63) is 23.8 Å². The molecule has 2 atom stereocenters. The Morgan fingerprint density at radius 2 is 1.89 bits per heavy atom. The molecule has 0 bridgehead atoms. The highest BCUT2D eigenvalue weighted by Gasteiger charge is 2.26. The Kier molecular flexibility index (Phi) is 3.43. The summed E-state index contributed by atoms with van der Waals surface area (Å²) in [6, 6.07) is 3.89. The van der Waals surface area contributed by atoms with Crippen LogP contribution in [0.25, 0.3) is 0 Å². The normalized spacial score (nSPS) is 24.0. The molecule has 4 N–H and O–H groups in total. The van der Waals surface area contributed by atoms with Crippen LogP contribution in [0.3, 0.4) is 0 Å². The average Bonchev–Trinajstić information content (AvgIpc) is 2.25. The number of nitrogens with zero attached hydrogens (tertiary/aromatic N) is 1. The molecule has 1 amide bonds. The van der Waals surface area contributed by atoms with Crippen molar-refractivity contribution in [1.29, 1.82) is 0 Å². The van der Waals surface area contributed by atoms with E-state index in [1.54, 1.807) is 4.90 Å². The van der Waals surface area contributed by atoms with Crippen molar-refractivity contribution in [3.63, 3.8) is 0 Å². The smallest absolute Gasteiger partial charge is 0.254 e. The maximum Gasteiger partial charge on any atom is 0.254 e. The minimum atomic E-state index is -0.205. The van der Waals surface area contributed by atoms with Gasteiger partial charge >= 0.3 is 0 Å². The molecule has 2 rings (SSSR count). The lowest BCUT2D eigenvalue weighted by Crippen LogP contribution is -2.48. The fourth-order valence-electron chi connectivity index (χ4n) is 2.47. The molecular formula is C13H18N2O3. The minimum absolute atomic E-state index is 0.0105. The topological polar surface area (TPSA) is 86.8 Å². The molecule has 1 aromatic rings. The third-order valence-corrected chi connectivity index (χ3v) is 3.13. The number of phenols is 2. The van der Waals surface area contributed by atoms with Gasteiger partial charge in [0, 0.05) is 30.8 Å². The summed E-state index contributed by atoms with van der Waals surface area (Å²) in [5.74, 6) is -0.0766. The number of amides is 1. The number of carbonyl (C=O) groups excluding carboxylic acids is 1. The van der Waals surface area contributed by atoms with Gasteiger partial charge in [0.15, 0.2) is 0 Å². The molecular weight excluding hydrogens is 232 g/mol. The summed E-state index contributed by atoms with van der Waals surface area (Å²) in [6.45, 7) is 3.22. The highest BCUT2D eigenvalue weighted by Crippen LogP contribution is 2.23. The fourth-order valence-corrected chi connectivity index (χ4v) is 2.47. The maximum absolute atomic E-state index is 12.2. The Hall–Kier alpha value is -1.75. The van der Waals surface area contributed by atoms with E-state index in [1.807, 2.05) is 0 Å². The molecule has 5 heteroatoms. The van der Waals surface area contributed by atoms with Gasteiger partial charge in [0.25, 0.3) is 5.91 Å². The van der Waals surface area contributed by atoms with Gasteiger partial charge in [0.05, 0.1) is 0 Å². The number of piperidine rings is 1. The summed E-state index contributed by atoms with van der Waals surface area (Å²) in [6.07, 6.45) is 0.912. The number of carbonyl (C=O) groups is 1. The number of likely N-dealkylation sites (tertiary alicyclic amines) is 1. The van der Waals surface area contributed by atoms with E-state index in [-0.39, 0.29) is 29.0 Å². The van der Waals surface area contributed by atoms with Crippen LogP contribution in [0.2, 0.25) is 0 Å². The zero-order valence-corrected chi connectivity index (χ0v) is 10.3. The van der Waals surface area contributed by atoms with Crippen molar-refractivity contribution in [2.24, 2.45) is 11.7 Å². The predicted octanol–water partition coefficient (Wildman–Crippen LogP) is 0.907. The summed E-state index contributed by atoms with van der Waals surface area (Å²) in [7, 11) is 0. The number of phenolic OH excluding ortho intramolecular Hbond substituents is 2. The molecule has 0 aliphatic carbocycles. The fraction of sp³-hybridized carbons (Fsp3) is 0.462. The molecule has 1 aliphatic heterocycles. The summed E-state index contributed by atoms with van der Waals surface area (Å²) < 4.78 is 0. The van der Waals surface area contributed by atoms with Crippen LogP contribution >= 0.6 is 0 Å². The lowest BCUT2D eigenvalue weighted by molar-refractivity contribution is 0.0660. The van der Waals surface area contributed by atoms with Gasteiger partial charge in [-0.2, -0.15) is 0 Å². The summed E-state index contributed by atoms with van der Waals surface area (Å²) in [5, 5.41) is 18.8. The summed E-state index contributed by atoms with van der Waals surface area (Å²) in [5.41, 5.74) is 6.18. The van der Waals surface area contributed by atoms with Crippen molar-refractivity contribution in [1.82, 2.24) is 4.90 Å². The number of nitrogens with two attached hydrogens (primary N) is 1. The highest BCUT2D eigenvalue weighted by atomic mass is 16.3. The lowest BCUT2D eigenvalue weighted by Gasteiger charge is -2.34. The van der Waals surface area contributed by atoms with Gasteiger partial charge in [-0.05, 0) is 24.5 Å². The van der Waals surface area contributed by atoms with Gasteiger partial charge in [0.2, 0.25) is 0 Å². The van der Waals surface area contributed by atoms with E-state index in [2.05, 4.69) is 6.92 Å². The van der Waals surface area contributed by atoms with Crippen molar-refractivity contribution in [2.75, 3.05) is 13.1 Å². The third kappa shape index (κ3) is 2.73. The Morgan fingerprint density at radius 3 is 2.44 bits per heavy atom. The van der Waals surface area contributed by atoms with Crippen LogP contribution in [0.15, 0.2) is 18.2 Å². The number of rotatable bonds is 1. The Balaban J connectivity index is 2.20. The van der Waals surface area contributed by atoms with E-state index >= 15 is 0 Å². The minimum Gasteiger partial charge on any atom is -0.508 e. The maximum atomic E-state index is 12.2. The van der Waals surface area contributed by atoms with Crippen LogP contribution in [0, 0.1) is 5.92 Å². The average molecular weight is 250 g/mol. The molecule has 0 radical (unpaired) electrons. The molecule has 0 saturated carbocycles. The quantitative estimate of drug-likeness (QED) is 0.691. The molecule has 5 nitrogen and oxygen atoms in total. The van der Waals surface area contributed by atoms with E-state index in [4.69, 9.17) is 5.73 Å². The molecule has 2 unspecified atom stereocenters. The molecule has 98 valence electrons. The SMILES string of the molecule is CC1CC(N)CN(C(=O)c2cc(O)cc(O)c2)C1. The van der Waals surface area contributed by atoms with Crippen molar-refractivity contribution in [2.45, 2.75) is 19.4 Å². The van der Waals surface area contributed by atoms with Crippen LogP contribution < -0.4 is 5.73 Å². The Bertz CT molecular complexity index is 431. The molecule has 0 spiro atoms. The van der Waals surface area contributed by atoms with Gasteiger partial charge in [-0.1, -0.05) is 6.92 Å². The lowest BCUT2D eigenvalue weighted by atomic mass is 9.96. The molecule has 1 aliphatic rings. The molecule has 1 heterocycles. The molecule has 1 saturated heterocycles. The molecule has 1 fully saturated rings. The van der Waals surface area contributed by atoms with E-state index in [0.29, 0.717) is 19.0 Å². The highest BCUT2D eigenvalue weighted by molar-refractivity contribution is 5.95. The number of hydrogen-bond acceptors (Lipinski definition) is 4. The van der Waals surface area contributed by atoms with Gasteiger partial charge in [0.1, 0.15) is 11.5 Å². The Morgan fingerprint density at radius 1 is 1.28 bits per heavy atom. The van der Waals surface area contributed by atoms with Crippen molar-refractivity contribution in [3.8, 4) is 11.5 Å². The zero-order chi connectivity index (χ0) is 13.3. The number of benzene rings is 1. The number of aromatic hydroxyl groups is 2. The van der Waals surface area contributed by atoms with E-state index in [9.17, 15) is 15.0 Å². The van der Waals surface area contributed by atoms with Gasteiger partial charge < -0.3 is 20.8 Å². The van der Waals surface area contributed by atoms with Crippen LogP contribution in [0.4, 0.5) is 0 Å². The van der Waals surface area contributed by atoms with Gasteiger partial charge in [-0.25, -0.2) is 0 Å². The molecule has 0 aromatic heterocycles. The zero-order valence-electron chi connectivity index (χ0n) is 10.3. The van der Waals surface area contributed by atoms with E-state index < -0.39 is 0 Å². The first kappa shape index (κ1) is 12.7. The second-order valence-electron chi connectivity index (χ2n) is 5.05. The standard InChI is InChI=1S/C13H18N2O3/c1-8-2-10(14)7-15(6-8)13(18)9-3-11(16)5-12(17)4-9/h3-5,8,10,16-17H,2,6-7,14H2,1H3. The number of hydrogen-bond donors (Lipinski definition) is 3. The van der Waals surface area contributed by atoms with Crippen LogP contribution in [0.1, 0.15) is 23.7 Å². The first-order valence-corrected chi connectivity index (χ1v) is 6.03. The first-order chi connectivity index (χ1) is 8.45. The second-order valence-corrected chi connectivity index (χ2v) is 5.05. The van der Waals surface area contributed by atoms with Crippen LogP contribution in [0.5, 0.6) is 11.5 Å².